The third-order valence-corrected chi connectivity index (χ3v) is 6.16. The highest BCUT2D eigenvalue weighted by Crippen LogP contribution is 2.29. The zero-order valence-electron chi connectivity index (χ0n) is 17.2. The van der Waals surface area contributed by atoms with Crippen LogP contribution in [-0.4, -0.2) is 29.5 Å². The summed E-state index contributed by atoms with van der Waals surface area (Å²) in [6.45, 7) is 8.05. The van der Waals surface area contributed by atoms with Crippen molar-refractivity contribution in [2.75, 3.05) is 6.61 Å². The molecular weight excluding hydrogens is 352 g/mol. The minimum absolute atomic E-state index is 0.158. The second-order valence-corrected chi connectivity index (χ2v) is 7.95. The molecule has 150 valence electrons. The molecule has 28 heavy (non-hydrogen) atoms. The van der Waals surface area contributed by atoms with Crippen LogP contribution in [0.3, 0.4) is 0 Å². The van der Waals surface area contributed by atoms with Crippen molar-refractivity contribution < 1.29 is 14.3 Å². The first-order chi connectivity index (χ1) is 13.4. The van der Waals surface area contributed by atoms with E-state index in [9.17, 15) is 9.59 Å². The lowest BCUT2D eigenvalue weighted by atomic mass is 9.78. The van der Waals surface area contributed by atoms with Crippen molar-refractivity contribution in [3.8, 4) is 0 Å². The molecule has 5 heteroatoms. The first kappa shape index (κ1) is 20.3. The number of ether oxygens (including phenoxy) is 1. The van der Waals surface area contributed by atoms with Crippen molar-refractivity contribution in [2.45, 2.75) is 59.4 Å². The first-order valence-corrected chi connectivity index (χ1v) is 10.3. The van der Waals surface area contributed by atoms with Crippen molar-refractivity contribution in [3.63, 3.8) is 0 Å². The Labute approximate surface area is 166 Å². The van der Waals surface area contributed by atoms with Gasteiger partial charge in [0.25, 0.3) is 5.91 Å². The lowest BCUT2D eigenvalue weighted by molar-refractivity contribution is -0.125. The van der Waals surface area contributed by atoms with Crippen molar-refractivity contribution in [1.82, 2.24) is 10.3 Å². The van der Waals surface area contributed by atoms with E-state index in [4.69, 9.17) is 4.74 Å². The van der Waals surface area contributed by atoms with Crippen molar-refractivity contribution in [2.24, 2.45) is 11.8 Å². The summed E-state index contributed by atoms with van der Waals surface area (Å²) in [6, 6.07) is 7.70. The minimum atomic E-state index is -0.467. The fraction of sp³-hybridized carbons (Fsp3) is 0.522. The molecule has 1 saturated carbocycles. The lowest BCUT2D eigenvalue weighted by Crippen LogP contribution is -2.45. The topological polar surface area (TPSA) is 68.3 Å². The maximum Gasteiger partial charge on any atom is 0.339 e. The molecule has 5 nitrogen and oxygen atoms in total. The zero-order chi connectivity index (χ0) is 20.3. The van der Waals surface area contributed by atoms with E-state index in [1.54, 1.807) is 0 Å². The van der Waals surface area contributed by atoms with E-state index in [-0.39, 0.29) is 18.6 Å². The number of nitrogens with one attached hydrogen (secondary N) is 1. The Kier molecular flexibility index (Phi) is 6.32. The van der Waals surface area contributed by atoms with E-state index >= 15 is 0 Å². The summed E-state index contributed by atoms with van der Waals surface area (Å²) in [6.07, 6.45) is 4.04. The Morgan fingerprint density at radius 2 is 1.96 bits per heavy atom. The zero-order valence-corrected chi connectivity index (χ0v) is 17.2. The van der Waals surface area contributed by atoms with Crippen LogP contribution in [0, 0.1) is 18.8 Å². The molecule has 0 unspecified atom stereocenters. The summed E-state index contributed by atoms with van der Waals surface area (Å²) in [7, 11) is 0. The molecule has 1 aromatic carbocycles. The summed E-state index contributed by atoms with van der Waals surface area (Å²) in [5.74, 6) is 0.337. The Bertz CT molecular complexity index is 878. The molecule has 1 aromatic heterocycles. The molecule has 1 fully saturated rings. The Hall–Kier alpha value is -2.43. The van der Waals surface area contributed by atoms with E-state index in [1.165, 1.54) is 6.42 Å². The first-order valence-electron chi connectivity index (χ1n) is 10.3. The number of aryl methyl sites for hydroxylation is 1. The smallest absolute Gasteiger partial charge is 0.339 e. The summed E-state index contributed by atoms with van der Waals surface area (Å²) in [5.41, 5.74) is 2.97. The molecular formula is C23H30N2O3. The SMILES string of the molecule is CCc1nc2ccccc2c(C(=O)OCC(=O)N[C@@H]2CCC[C@H](C)[C@@H]2C)c1C. The molecule has 3 rings (SSSR count). The monoisotopic (exact) mass is 382 g/mol. The van der Waals surface area contributed by atoms with Gasteiger partial charge in [0.1, 0.15) is 0 Å². The van der Waals surface area contributed by atoms with Crippen LogP contribution >= 0.6 is 0 Å². The Morgan fingerprint density at radius 1 is 1.21 bits per heavy atom. The van der Waals surface area contributed by atoms with Gasteiger partial charge in [0.05, 0.1) is 11.1 Å². The number of pyridine rings is 1. The molecule has 0 saturated heterocycles. The van der Waals surface area contributed by atoms with Gasteiger partial charge in [-0.25, -0.2) is 4.79 Å². The predicted molar refractivity (Wildman–Crippen MR) is 110 cm³/mol. The normalized spacial score (nSPS) is 22.1. The van der Waals surface area contributed by atoms with Gasteiger partial charge < -0.3 is 10.1 Å². The number of amides is 1. The van der Waals surface area contributed by atoms with Crippen LogP contribution < -0.4 is 5.32 Å². The fourth-order valence-corrected chi connectivity index (χ4v) is 4.20. The fourth-order valence-electron chi connectivity index (χ4n) is 4.20. The molecule has 3 atom stereocenters. The van der Waals surface area contributed by atoms with Crippen LogP contribution in [0.15, 0.2) is 24.3 Å². The van der Waals surface area contributed by atoms with E-state index in [2.05, 4.69) is 24.1 Å². The molecule has 0 aliphatic heterocycles. The van der Waals surface area contributed by atoms with Gasteiger partial charge >= 0.3 is 5.97 Å². The molecule has 0 radical (unpaired) electrons. The highest BCUT2D eigenvalue weighted by Gasteiger charge is 2.28. The van der Waals surface area contributed by atoms with Crippen LogP contribution in [0.2, 0.25) is 0 Å². The van der Waals surface area contributed by atoms with Gasteiger partial charge in [0.2, 0.25) is 0 Å². The van der Waals surface area contributed by atoms with Crippen LogP contribution in [0.25, 0.3) is 10.9 Å². The van der Waals surface area contributed by atoms with E-state index in [1.807, 2.05) is 38.1 Å². The van der Waals surface area contributed by atoms with Crippen LogP contribution in [0.5, 0.6) is 0 Å². The summed E-state index contributed by atoms with van der Waals surface area (Å²) >= 11 is 0. The highest BCUT2D eigenvalue weighted by molar-refractivity contribution is 6.05. The number of nitrogens with zero attached hydrogens (tertiary/aromatic N) is 1. The standard InChI is InChI=1S/C23H30N2O3/c1-5-18-16(4)22(17-10-6-7-11-20(17)24-18)23(27)28-13-21(26)25-19-12-8-9-14(2)15(19)3/h6-7,10-11,14-15,19H,5,8-9,12-13H2,1-4H3,(H,25,26)/t14-,15-,19+/m0/s1. The third kappa shape index (κ3) is 4.18. The predicted octanol–water partition coefficient (Wildman–Crippen LogP) is 4.20. The van der Waals surface area contributed by atoms with Gasteiger partial charge in [-0.05, 0) is 43.2 Å². The molecule has 1 amide bonds. The van der Waals surface area contributed by atoms with Crippen molar-refractivity contribution in [3.05, 3.63) is 41.1 Å². The number of rotatable bonds is 5. The van der Waals surface area contributed by atoms with Crippen LogP contribution in [-0.2, 0) is 16.0 Å². The maximum atomic E-state index is 12.8. The van der Waals surface area contributed by atoms with E-state index < -0.39 is 5.97 Å². The average molecular weight is 383 g/mol. The number of fused-ring (bicyclic) bond motifs is 1. The van der Waals surface area contributed by atoms with Crippen molar-refractivity contribution in [1.29, 1.82) is 0 Å². The second-order valence-electron chi connectivity index (χ2n) is 7.95. The molecule has 1 aliphatic rings. The quantitative estimate of drug-likeness (QED) is 0.787. The van der Waals surface area contributed by atoms with E-state index in [0.29, 0.717) is 17.4 Å². The highest BCUT2D eigenvalue weighted by atomic mass is 16.5. The largest absolute Gasteiger partial charge is 0.452 e. The Balaban J connectivity index is 1.71. The van der Waals surface area contributed by atoms with Gasteiger partial charge in [0, 0.05) is 17.1 Å². The van der Waals surface area contributed by atoms with Gasteiger partial charge in [-0.15, -0.1) is 0 Å². The number of benzene rings is 1. The van der Waals surface area contributed by atoms with Crippen LogP contribution in [0.4, 0.5) is 0 Å². The number of hydrogen-bond donors (Lipinski definition) is 1. The molecule has 1 aliphatic carbocycles. The number of hydrogen-bond acceptors (Lipinski definition) is 4. The lowest BCUT2D eigenvalue weighted by Gasteiger charge is -2.34. The van der Waals surface area contributed by atoms with E-state index in [0.717, 1.165) is 41.4 Å². The molecule has 1 heterocycles. The van der Waals surface area contributed by atoms with Crippen LogP contribution in [0.1, 0.15) is 61.6 Å². The molecule has 0 bridgehead atoms. The Morgan fingerprint density at radius 3 is 2.71 bits per heavy atom. The van der Waals surface area contributed by atoms with Gasteiger partial charge in [-0.1, -0.05) is 51.8 Å². The third-order valence-electron chi connectivity index (χ3n) is 6.16. The number of carbonyl (C=O) groups excluding carboxylic acids is 2. The molecule has 2 aromatic rings. The number of aromatic nitrogens is 1. The second kappa shape index (κ2) is 8.72. The van der Waals surface area contributed by atoms with Gasteiger partial charge in [-0.3, -0.25) is 9.78 Å². The minimum Gasteiger partial charge on any atom is -0.452 e. The molecule has 0 spiro atoms. The molecule has 1 N–H and O–H groups in total. The summed E-state index contributed by atoms with van der Waals surface area (Å²) in [4.78, 5) is 29.8. The summed E-state index contributed by atoms with van der Waals surface area (Å²) < 4.78 is 5.40. The number of carbonyl (C=O) groups is 2. The van der Waals surface area contributed by atoms with Gasteiger partial charge in [-0.2, -0.15) is 0 Å². The van der Waals surface area contributed by atoms with Gasteiger partial charge in [0.15, 0.2) is 6.61 Å². The maximum absolute atomic E-state index is 12.8. The summed E-state index contributed by atoms with van der Waals surface area (Å²) in [5, 5.41) is 3.81. The average Bonchev–Trinajstić information content (AvgIpc) is 2.69. The number of para-hydroxylation sites is 1. The van der Waals surface area contributed by atoms with Crippen molar-refractivity contribution >= 4 is 22.8 Å². The number of esters is 1.